The van der Waals surface area contributed by atoms with E-state index in [-0.39, 0.29) is 12.4 Å². The third-order valence-electron chi connectivity index (χ3n) is 2.36. The first-order valence-corrected chi connectivity index (χ1v) is 5.56. The van der Waals surface area contributed by atoms with Crippen LogP contribution in [0.25, 0.3) is 0 Å². The lowest BCUT2D eigenvalue weighted by atomic mass is 10.0. The van der Waals surface area contributed by atoms with Gasteiger partial charge in [0.2, 0.25) is 0 Å². The number of nitrogens with two attached hydrogens (primary N) is 1. The third-order valence-corrected chi connectivity index (χ3v) is 2.36. The predicted octanol–water partition coefficient (Wildman–Crippen LogP) is 3.90. The molecule has 0 spiro atoms. The molecule has 0 saturated heterocycles. The van der Waals surface area contributed by atoms with Crippen molar-refractivity contribution < 1.29 is 0 Å². The molecule has 0 aliphatic rings. The Balaban J connectivity index is 0. The average molecular weight is 208 g/mol. The molecule has 0 aromatic rings. The van der Waals surface area contributed by atoms with Gasteiger partial charge in [-0.25, -0.2) is 0 Å². The van der Waals surface area contributed by atoms with Crippen LogP contribution in [0.4, 0.5) is 0 Å². The lowest BCUT2D eigenvalue weighted by molar-refractivity contribution is 0.502. The molecule has 2 N–H and O–H groups in total. The summed E-state index contributed by atoms with van der Waals surface area (Å²) in [5.41, 5.74) is 5.96. The highest BCUT2D eigenvalue weighted by Crippen LogP contribution is 2.08. The molecule has 0 fully saturated rings. The number of rotatable bonds is 8. The second-order valence-corrected chi connectivity index (χ2v) is 3.75. The Morgan fingerprint density at radius 3 is 1.54 bits per heavy atom. The molecule has 2 heteroatoms. The minimum absolute atomic E-state index is 0. The third kappa shape index (κ3) is 12.2. The Hall–Kier alpha value is 0.250. The first-order chi connectivity index (χ1) is 5.81. The van der Waals surface area contributed by atoms with E-state index in [4.69, 9.17) is 5.73 Å². The zero-order chi connectivity index (χ0) is 9.23. The molecule has 0 saturated carbocycles. The number of hydrogen-bond acceptors (Lipinski definition) is 1. The van der Waals surface area contributed by atoms with E-state index >= 15 is 0 Å². The molecular weight excluding hydrogens is 182 g/mol. The van der Waals surface area contributed by atoms with Crippen molar-refractivity contribution in [3.8, 4) is 0 Å². The van der Waals surface area contributed by atoms with Crippen LogP contribution in [0.2, 0.25) is 0 Å². The smallest absolute Gasteiger partial charge is 0.00388 e. The summed E-state index contributed by atoms with van der Waals surface area (Å²) in [6, 6.07) is 0.475. The zero-order valence-corrected chi connectivity index (χ0v) is 10.0. The van der Waals surface area contributed by atoms with E-state index in [1.165, 1.54) is 51.4 Å². The molecule has 0 aromatic heterocycles. The van der Waals surface area contributed by atoms with Gasteiger partial charge in [0, 0.05) is 6.04 Å². The van der Waals surface area contributed by atoms with E-state index in [0.29, 0.717) is 6.04 Å². The van der Waals surface area contributed by atoms with Crippen LogP contribution in [0.5, 0.6) is 0 Å². The summed E-state index contributed by atoms with van der Waals surface area (Å²) in [5, 5.41) is 0. The fourth-order valence-electron chi connectivity index (χ4n) is 1.46. The van der Waals surface area contributed by atoms with Crippen LogP contribution in [-0.4, -0.2) is 6.04 Å². The van der Waals surface area contributed by atoms with Gasteiger partial charge in [0.15, 0.2) is 0 Å². The number of hydrogen-bond donors (Lipinski definition) is 1. The summed E-state index contributed by atoms with van der Waals surface area (Å²) in [6.45, 7) is 4.48. The van der Waals surface area contributed by atoms with E-state index < -0.39 is 0 Å². The van der Waals surface area contributed by atoms with Gasteiger partial charge in [0.1, 0.15) is 0 Å². The molecule has 0 heterocycles. The van der Waals surface area contributed by atoms with Crippen molar-refractivity contribution in [2.45, 2.75) is 71.3 Å². The summed E-state index contributed by atoms with van der Waals surface area (Å²) in [5.74, 6) is 0. The second kappa shape index (κ2) is 12.2. The molecular formula is C11H26ClN. The molecule has 0 aliphatic carbocycles. The van der Waals surface area contributed by atoms with Crippen LogP contribution >= 0.6 is 12.4 Å². The molecule has 0 rings (SSSR count). The predicted molar refractivity (Wildman–Crippen MR) is 63.5 cm³/mol. The van der Waals surface area contributed by atoms with Crippen molar-refractivity contribution in [1.29, 1.82) is 0 Å². The summed E-state index contributed by atoms with van der Waals surface area (Å²) < 4.78 is 0. The topological polar surface area (TPSA) is 26.0 Å². The van der Waals surface area contributed by atoms with Crippen LogP contribution in [0.1, 0.15) is 65.2 Å². The van der Waals surface area contributed by atoms with Gasteiger partial charge in [-0.15, -0.1) is 12.4 Å². The monoisotopic (exact) mass is 207 g/mol. The molecule has 0 aliphatic heterocycles. The lowest BCUT2D eigenvalue weighted by Gasteiger charge is -2.09. The maximum absolute atomic E-state index is 5.96. The maximum atomic E-state index is 5.96. The number of halogens is 1. The minimum Gasteiger partial charge on any atom is -0.328 e. The molecule has 0 radical (unpaired) electrons. The van der Waals surface area contributed by atoms with Crippen LogP contribution in [0.15, 0.2) is 0 Å². The quantitative estimate of drug-likeness (QED) is 0.601. The Morgan fingerprint density at radius 2 is 1.23 bits per heavy atom. The summed E-state index contributed by atoms with van der Waals surface area (Å²) in [6.07, 6.45) is 10.4. The molecule has 1 nitrogen and oxygen atoms in total. The fourth-order valence-corrected chi connectivity index (χ4v) is 1.46. The summed E-state index contributed by atoms with van der Waals surface area (Å²) >= 11 is 0. The van der Waals surface area contributed by atoms with Gasteiger partial charge in [-0.05, 0) is 12.8 Å². The highest BCUT2D eigenvalue weighted by molar-refractivity contribution is 5.85. The molecule has 0 bridgehead atoms. The zero-order valence-electron chi connectivity index (χ0n) is 9.22. The highest BCUT2D eigenvalue weighted by atomic mass is 35.5. The van der Waals surface area contributed by atoms with E-state index in [1.54, 1.807) is 0 Å². The normalized spacial score (nSPS) is 10.2. The van der Waals surface area contributed by atoms with E-state index in [0.717, 1.165) is 0 Å². The summed E-state index contributed by atoms with van der Waals surface area (Å²) in [4.78, 5) is 0. The van der Waals surface area contributed by atoms with Crippen LogP contribution < -0.4 is 5.73 Å². The molecule has 82 valence electrons. The van der Waals surface area contributed by atoms with Gasteiger partial charge >= 0.3 is 0 Å². The molecule has 0 atom stereocenters. The van der Waals surface area contributed by atoms with Crippen molar-refractivity contribution in [2.24, 2.45) is 5.73 Å². The van der Waals surface area contributed by atoms with Crippen molar-refractivity contribution in [2.75, 3.05) is 0 Å². The molecule has 13 heavy (non-hydrogen) atoms. The van der Waals surface area contributed by atoms with Gasteiger partial charge in [0.25, 0.3) is 0 Å². The number of unbranched alkanes of at least 4 members (excludes halogenated alkanes) is 4. The van der Waals surface area contributed by atoms with Gasteiger partial charge in [-0.1, -0.05) is 52.4 Å². The first-order valence-electron chi connectivity index (χ1n) is 5.56. The first kappa shape index (κ1) is 15.7. The lowest BCUT2D eigenvalue weighted by Crippen LogP contribution is -2.19. The largest absolute Gasteiger partial charge is 0.328 e. The standard InChI is InChI=1S/C11H25N.ClH/c1-3-5-7-9-11(12)10-8-6-4-2;/h11H,3-10,12H2,1-2H3;1H. The Morgan fingerprint density at radius 1 is 0.846 bits per heavy atom. The van der Waals surface area contributed by atoms with Crippen molar-refractivity contribution >= 4 is 12.4 Å². The van der Waals surface area contributed by atoms with Crippen molar-refractivity contribution in [3.63, 3.8) is 0 Å². The van der Waals surface area contributed by atoms with Gasteiger partial charge in [-0.2, -0.15) is 0 Å². The highest BCUT2D eigenvalue weighted by Gasteiger charge is 2.00. The maximum Gasteiger partial charge on any atom is 0.00388 e. The second-order valence-electron chi connectivity index (χ2n) is 3.75. The fraction of sp³-hybridized carbons (Fsp3) is 1.00. The Bertz CT molecular complexity index is 76.2. The molecule has 0 amide bonds. The SMILES string of the molecule is CCCCCC(N)CCCCC.Cl. The van der Waals surface area contributed by atoms with Crippen molar-refractivity contribution in [3.05, 3.63) is 0 Å². The van der Waals surface area contributed by atoms with Crippen molar-refractivity contribution in [1.82, 2.24) is 0 Å². The van der Waals surface area contributed by atoms with Gasteiger partial charge in [0.05, 0.1) is 0 Å². The van der Waals surface area contributed by atoms with E-state index in [9.17, 15) is 0 Å². The molecule has 0 aromatic carbocycles. The Labute approximate surface area is 89.9 Å². The minimum atomic E-state index is 0. The van der Waals surface area contributed by atoms with Crippen LogP contribution in [-0.2, 0) is 0 Å². The van der Waals surface area contributed by atoms with Gasteiger partial charge in [-0.3, -0.25) is 0 Å². The summed E-state index contributed by atoms with van der Waals surface area (Å²) in [7, 11) is 0. The average Bonchev–Trinajstić information content (AvgIpc) is 2.06. The van der Waals surface area contributed by atoms with E-state index in [2.05, 4.69) is 13.8 Å². The van der Waals surface area contributed by atoms with Gasteiger partial charge < -0.3 is 5.73 Å². The van der Waals surface area contributed by atoms with Crippen LogP contribution in [0, 0.1) is 0 Å². The Kier molecular flexibility index (Phi) is 14.8. The van der Waals surface area contributed by atoms with E-state index in [1.807, 2.05) is 0 Å². The van der Waals surface area contributed by atoms with Crippen LogP contribution in [0.3, 0.4) is 0 Å². The molecule has 0 unspecified atom stereocenters.